The van der Waals surface area contributed by atoms with Crippen molar-refractivity contribution >= 4 is 23.3 Å². The van der Waals surface area contributed by atoms with E-state index in [-0.39, 0.29) is 5.91 Å². The average Bonchev–Trinajstić information content (AvgIpc) is 2.93. The van der Waals surface area contributed by atoms with Crippen molar-refractivity contribution < 1.29 is 9.53 Å². The predicted octanol–water partition coefficient (Wildman–Crippen LogP) is 3.14. The number of nitrogens with zero attached hydrogens (tertiary/aromatic N) is 3. The van der Waals surface area contributed by atoms with Crippen LogP contribution in [0.15, 0.2) is 17.7 Å². The number of rotatable bonds is 5. The Labute approximate surface area is 140 Å². The van der Waals surface area contributed by atoms with Crippen LogP contribution in [0.1, 0.15) is 27.5 Å². The predicted molar refractivity (Wildman–Crippen MR) is 92.6 cm³/mol. The molecule has 0 aliphatic carbocycles. The number of carbonyl (C=O) groups is 1. The number of amides is 1. The molecule has 5 nitrogen and oxygen atoms in total. The van der Waals surface area contributed by atoms with Gasteiger partial charge < -0.3 is 9.64 Å². The molecular weight excluding hydrogens is 310 g/mol. The van der Waals surface area contributed by atoms with Crippen LogP contribution in [-0.4, -0.2) is 34.9 Å². The van der Waals surface area contributed by atoms with Gasteiger partial charge in [0.1, 0.15) is 5.75 Å². The maximum absolute atomic E-state index is 12.2. The van der Waals surface area contributed by atoms with Gasteiger partial charge in [0.05, 0.1) is 30.1 Å². The maximum Gasteiger partial charge on any atom is 0.246 e. The van der Waals surface area contributed by atoms with Gasteiger partial charge in [-0.1, -0.05) is 0 Å². The van der Waals surface area contributed by atoms with E-state index in [1.807, 2.05) is 26.2 Å². The lowest BCUT2D eigenvalue weighted by molar-refractivity contribution is -0.125. The molecule has 0 N–H and O–H groups in total. The molecule has 0 aromatic carbocycles. The Balaban J connectivity index is 2.08. The summed E-state index contributed by atoms with van der Waals surface area (Å²) in [5.74, 6) is 0.737. The minimum atomic E-state index is -0.0867. The minimum Gasteiger partial charge on any atom is -0.496 e. The first-order valence-corrected chi connectivity index (χ1v) is 8.14. The lowest BCUT2D eigenvalue weighted by atomic mass is 10.1. The molecule has 0 atom stereocenters. The van der Waals surface area contributed by atoms with Crippen molar-refractivity contribution in [2.45, 2.75) is 27.3 Å². The summed E-state index contributed by atoms with van der Waals surface area (Å²) >= 11 is 1.56. The van der Waals surface area contributed by atoms with Crippen LogP contribution in [0.2, 0.25) is 0 Å². The van der Waals surface area contributed by atoms with E-state index in [9.17, 15) is 4.79 Å². The average molecular weight is 331 g/mol. The molecular formula is C17H21N3O2S. The van der Waals surface area contributed by atoms with Gasteiger partial charge in [-0.05, 0) is 26.8 Å². The fourth-order valence-electron chi connectivity index (χ4n) is 2.27. The van der Waals surface area contributed by atoms with Crippen molar-refractivity contribution in [1.82, 2.24) is 14.9 Å². The second kappa shape index (κ2) is 7.37. The van der Waals surface area contributed by atoms with Gasteiger partial charge in [0.2, 0.25) is 5.91 Å². The lowest BCUT2D eigenvalue weighted by Crippen LogP contribution is -2.25. The van der Waals surface area contributed by atoms with Crippen LogP contribution in [-0.2, 0) is 11.3 Å². The molecule has 0 aliphatic rings. The molecule has 1 amide bonds. The number of hydrogen-bond donors (Lipinski definition) is 0. The highest BCUT2D eigenvalue weighted by molar-refractivity contribution is 7.09. The van der Waals surface area contributed by atoms with Crippen LogP contribution in [0, 0.1) is 20.8 Å². The van der Waals surface area contributed by atoms with E-state index in [1.54, 1.807) is 42.7 Å². The lowest BCUT2D eigenvalue weighted by Gasteiger charge is -2.18. The van der Waals surface area contributed by atoms with Crippen molar-refractivity contribution in [3.63, 3.8) is 0 Å². The first kappa shape index (κ1) is 17.1. The summed E-state index contributed by atoms with van der Waals surface area (Å²) in [6, 6.07) is 0. The van der Waals surface area contributed by atoms with Crippen molar-refractivity contribution in [2.75, 3.05) is 14.2 Å². The van der Waals surface area contributed by atoms with Gasteiger partial charge >= 0.3 is 0 Å². The van der Waals surface area contributed by atoms with Crippen LogP contribution in [0.25, 0.3) is 6.08 Å². The van der Waals surface area contributed by atoms with Crippen LogP contribution < -0.4 is 4.74 Å². The summed E-state index contributed by atoms with van der Waals surface area (Å²) in [5.41, 5.74) is 3.59. The molecule has 0 fully saturated rings. The molecule has 23 heavy (non-hydrogen) atoms. The molecule has 0 aliphatic heterocycles. The first-order chi connectivity index (χ1) is 10.9. The SMILES string of the molecule is COc1c(C)cnc(CN(C)C(=O)/C=C\c2csc(C)n2)c1C. The van der Waals surface area contributed by atoms with Gasteiger partial charge in [0.25, 0.3) is 0 Å². The number of likely N-dealkylation sites (N-methyl/N-ethyl adjacent to an activating group) is 1. The van der Waals surface area contributed by atoms with E-state index < -0.39 is 0 Å². The van der Waals surface area contributed by atoms with Gasteiger partial charge in [-0.3, -0.25) is 9.78 Å². The highest BCUT2D eigenvalue weighted by Crippen LogP contribution is 2.24. The molecule has 0 saturated carbocycles. The summed E-state index contributed by atoms with van der Waals surface area (Å²) in [5, 5.41) is 2.91. The standard InChI is InChI=1S/C17H21N3O2S/c1-11-8-18-15(12(2)17(11)22-5)9-20(4)16(21)7-6-14-10-23-13(3)19-14/h6-8,10H,9H2,1-5H3/b7-6-. The van der Waals surface area contributed by atoms with Gasteiger partial charge in [-0.15, -0.1) is 11.3 Å². The Kier molecular flexibility index (Phi) is 5.50. The number of methoxy groups -OCH3 is 1. The van der Waals surface area contributed by atoms with Gasteiger partial charge in [-0.2, -0.15) is 0 Å². The Hall–Kier alpha value is -2.21. The summed E-state index contributed by atoms with van der Waals surface area (Å²) in [6.45, 7) is 6.29. The fraction of sp³-hybridized carbons (Fsp3) is 0.353. The van der Waals surface area contributed by atoms with E-state index in [0.717, 1.165) is 33.3 Å². The first-order valence-electron chi connectivity index (χ1n) is 7.26. The second-order valence-corrected chi connectivity index (χ2v) is 6.43. The Morgan fingerprint density at radius 2 is 2.13 bits per heavy atom. The van der Waals surface area contributed by atoms with E-state index in [2.05, 4.69) is 9.97 Å². The number of pyridine rings is 1. The monoisotopic (exact) mass is 331 g/mol. The van der Waals surface area contributed by atoms with Crippen molar-refractivity contribution in [1.29, 1.82) is 0 Å². The minimum absolute atomic E-state index is 0.0867. The third-order valence-corrected chi connectivity index (χ3v) is 4.34. The number of aromatic nitrogens is 2. The van der Waals surface area contributed by atoms with Crippen molar-refractivity contribution in [3.8, 4) is 5.75 Å². The maximum atomic E-state index is 12.2. The number of ether oxygens (including phenoxy) is 1. The molecule has 0 spiro atoms. The topological polar surface area (TPSA) is 55.3 Å². The molecule has 2 aromatic rings. The number of thiazole rings is 1. The Bertz CT molecular complexity index is 737. The molecule has 122 valence electrons. The largest absolute Gasteiger partial charge is 0.496 e. The third-order valence-electron chi connectivity index (χ3n) is 3.55. The smallest absolute Gasteiger partial charge is 0.246 e. The van der Waals surface area contributed by atoms with Crippen LogP contribution in [0.3, 0.4) is 0 Å². The molecule has 6 heteroatoms. The van der Waals surface area contributed by atoms with Crippen LogP contribution in [0.5, 0.6) is 5.75 Å². The summed E-state index contributed by atoms with van der Waals surface area (Å²) in [7, 11) is 3.40. The van der Waals surface area contributed by atoms with Crippen molar-refractivity contribution in [2.24, 2.45) is 0 Å². The molecule has 2 heterocycles. The normalized spacial score (nSPS) is 11.0. The van der Waals surface area contributed by atoms with Crippen LogP contribution >= 0.6 is 11.3 Å². The van der Waals surface area contributed by atoms with E-state index in [4.69, 9.17) is 4.74 Å². The quantitative estimate of drug-likeness (QED) is 0.790. The number of hydrogen-bond acceptors (Lipinski definition) is 5. The molecule has 2 aromatic heterocycles. The van der Waals surface area contributed by atoms with Crippen molar-refractivity contribution in [3.05, 3.63) is 45.2 Å². The molecule has 2 rings (SSSR count). The second-order valence-electron chi connectivity index (χ2n) is 5.37. The molecule has 0 radical (unpaired) electrons. The fourth-order valence-corrected chi connectivity index (χ4v) is 2.85. The van der Waals surface area contributed by atoms with Gasteiger partial charge in [-0.25, -0.2) is 4.98 Å². The van der Waals surface area contributed by atoms with E-state index >= 15 is 0 Å². The summed E-state index contributed by atoms with van der Waals surface area (Å²) in [6.07, 6.45) is 5.04. The number of carbonyl (C=O) groups excluding carboxylic acids is 1. The van der Waals surface area contributed by atoms with Gasteiger partial charge in [0, 0.05) is 35.8 Å². The highest BCUT2D eigenvalue weighted by atomic mass is 32.1. The highest BCUT2D eigenvalue weighted by Gasteiger charge is 2.13. The summed E-state index contributed by atoms with van der Waals surface area (Å²) < 4.78 is 5.40. The zero-order valence-electron chi connectivity index (χ0n) is 14.1. The Morgan fingerprint density at radius 3 is 2.74 bits per heavy atom. The Morgan fingerprint density at radius 1 is 1.39 bits per heavy atom. The zero-order valence-corrected chi connectivity index (χ0v) is 14.9. The van der Waals surface area contributed by atoms with Gasteiger partial charge in [0.15, 0.2) is 0 Å². The van der Waals surface area contributed by atoms with Crippen LogP contribution in [0.4, 0.5) is 0 Å². The summed E-state index contributed by atoms with van der Waals surface area (Å²) in [4.78, 5) is 22.6. The zero-order chi connectivity index (χ0) is 17.0. The third kappa shape index (κ3) is 4.16. The van der Waals surface area contributed by atoms with E-state index in [0.29, 0.717) is 6.54 Å². The van der Waals surface area contributed by atoms with E-state index in [1.165, 1.54) is 6.08 Å². The number of aryl methyl sites for hydroxylation is 2. The molecule has 0 bridgehead atoms. The molecule has 0 unspecified atom stereocenters. The molecule has 0 saturated heterocycles.